The van der Waals surface area contributed by atoms with Gasteiger partial charge in [-0.05, 0) is 20.8 Å². The topological polar surface area (TPSA) is 75.3 Å². The standard InChI is InChI=1S/C13H15N3O3S/c1-13(2,3)19-12(18)16-4-7-8(5-16)11-9(10(7)17)14-6-15-20-11/h6H,4-5H2,1-3H3,(H,14,15). The van der Waals surface area contributed by atoms with Crippen molar-refractivity contribution in [2.24, 2.45) is 0 Å². The zero-order valence-corrected chi connectivity index (χ0v) is 12.3. The highest BCUT2D eigenvalue weighted by atomic mass is 32.1. The number of aromatic amines is 1. The van der Waals surface area contributed by atoms with Gasteiger partial charge in [-0.3, -0.25) is 9.69 Å². The van der Waals surface area contributed by atoms with Gasteiger partial charge in [-0.15, -0.1) is 0 Å². The maximum Gasteiger partial charge on any atom is 0.410 e. The maximum absolute atomic E-state index is 12.2. The first-order valence-electron chi connectivity index (χ1n) is 6.31. The molecular weight excluding hydrogens is 278 g/mol. The monoisotopic (exact) mass is 293 g/mol. The van der Waals surface area contributed by atoms with Gasteiger partial charge in [-0.1, -0.05) is 11.5 Å². The predicted molar refractivity (Wildman–Crippen MR) is 73.5 cm³/mol. The van der Waals surface area contributed by atoms with Crippen LogP contribution in [0.3, 0.4) is 0 Å². The molecule has 3 rings (SSSR count). The summed E-state index contributed by atoms with van der Waals surface area (Å²) in [4.78, 5) is 29.9. The molecule has 20 heavy (non-hydrogen) atoms. The molecule has 0 atom stereocenters. The molecule has 0 saturated heterocycles. The van der Waals surface area contributed by atoms with Gasteiger partial charge in [0.2, 0.25) is 5.43 Å². The number of amides is 1. The molecule has 0 spiro atoms. The highest BCUT2D eigenvalue weighted by Crippen LogP contribution is 2.25. The summed E-state index contributed by atoms with van der Waals surface area (Å²) in [6.45, 7) is 6.17. The summed E-state index contributed by atoms with van der Waals surface area (Å²) in [5.74, 6) is 0. The van der Waals surface area contributed by atoms with Crippen LogP contribution in [0.25, 0.3) is 0 Å². The number of carbonyl (C=O) groups is 1. The van der Waals surface area contributed by atoms with Crippen molar-refractivity contribution in [2.75, 3.05) is 0 Å². The molecule has 3 aliphatic rings. The number of nitrogens with one attached hydrogen (secondary N) is 1. The van der Waals surface area contributed by atoms with Crippen LogP contribution in [0.2, 0.25) is 0 Å². The van der Waals surface area contributed by atoms with E-state index in [9.17, 15) is 9.59 Å². The Bertz CT molecular complexity index is 787. The molecule has 2 heterocycles. The smallest absolute Gasteiger partial charge is 0.410 e. The minimum Gasteiger partial charge on any atom is -0.444 e. The Hall–Kier alpha value is -1.89. The lowest BCUT2D eigenvalue weighted by molar-refractivity contribution is 0.0241. The minimum atomic E-state index is -0.538. The van der Waals surface area contributed by atoms with Gasteiger partial charge in [0, 0.05) is 11.1 Å². The first-order chi connectivity index (χ1) is 9.37. The average Bonchev–Trinajstić information content (AvgIpc) is 2.89. The SMILES string of the molecule is CC(C)(C)OC(=O)N1Cc2c(c(=O)c3nc[nH]sc2=3)C1. The van der Waals surface area contributed by atoms with Crippen molar-refractivity contribution in [3.8, 4) is 0 Å². The molecule has 0 aromatic carbocycles. The number of hydrogen-bond donors (Lipinski definition) is 1. The van der Waals surface area contributed by atoms with Gasteiger partial charge in [-0.25, -0.2) is 9.78 Å². The normalized spacial score (nSPS) is 14.7. The second kappa shape index (κ2) is 4.31. The first kappa shape index (κ1) is 13.1. The number of aromatic nitrogens is 2. The van der Waals surface area contributed by atoms with Gasteiger partial charge in [-0.2, -0.15) is 0 Å². The van der Waals surface area contributed by atoms with Gasteiger partial charge in [0.05, 0.1) is 17.6 Å². The third-order valence-electron chi connectivity index (χ3n) is 3.10. The highest BCUT2D eigenvalue weighted by Gasteiger charge is 2.31. The lowest BCUT2D eigenvalue weighted by atomic mass is 10.2. The zero-order valence-electron chi connectivity index (χ0n) is 11.5. The van der Waals surface area contributed by atoms with Crippen LogP contribution in [0.4, 0.5) is 4.79 Å². The number of rotatable bonds is 0. The molecule has 1 amide bonds. The molecule has 2 aliphatic heterocycles. The Morgan fingerprint density at radius 1 is 1.40 bits per heavy atom. The molecule has 0 aromatic rings. The molecule has 0 saturated carbocycles. The molecule has 6 nitrogen and oxygen atoms in total. The predicted octanol–water partition coefficient (Wildman–Crippen LogP) is 1.81. The highest BCUT2D eigenvalue weighted by molar-refractivity contribution is 7.03. The summed E-state index contributed by atoms with van der Waals surface area (Å²) in [6.07, 6.45) is 1.12. The summed E-state index contributed by atoms with van der Waals surface area (Å²) < 4.78 is 9.09. The van der Waals surface area contributed by atoms with Crippen LogP contribution >= 0.6 is 11.5 Å². The second-order valence-electron chi connectivity index (χ2n) is 5.78. The minimum absolute atomic E-state index is 0.0775. The summed E-state index contributed by atoms with van der Waals surface area (Å²) in [6, 6.07) is 0. The van der Waals surface area contributed by atoms with E-state index in [1.165, 1.54) is 17.9 Å². The van der Waals surface area contributed by atoms with Crippen molar-refractivity contribution < 1.29 is 9.53 Å². The lowest BCUT2D eigenvalue weighted by Gasteiger charge is -2.24. The molecule has 0 fully saturated rings. The van der Waals surface area contributed by atoms with E-state index in [1.54, 1.807) is 4.90 Å². The zero-order chi connectivity index (χ0) is 14.5. The van der Waals surface area contributed by atoms with E-state index < -0.39 is 5.60 Å². The Morgan fingerprint density at radius 3 is 2.80 bits per heavy atom. The van der Waals surface area contributed by atoms with Crippen LogP contribution in [-0.4, -0.2) is 26.0 Å². The van der Waals surface area contributed by atoms with Crippen LogP contribution in [0.1, 0.15) is 31.9 Å². The van der Waals surface area contributed by atoms with Gasteiger partial charge < -0.3 is 9.11 Å². The van der Waals surface area contributed by atoms with Gasteiger partial charge >= 0.3 is 6.09 Å². The van der Waals surface area contributed by atoms with Crippen molar-refractivity contribution >= 4 is 17.6 Å². The van der Waals surface area contributed by atoms with Crippen molar-refractivity contribution in [2.45, 2.75) is 39.5 Å². The molecule has 0 aromatic heterocycles. The molecule has 1 N–H and O–H groups in total. The van der Waals surface area contributed by atoms with Crippen molar-refractivity contribution in [1.82, 2.24) is 14.3 Å². The fourth-order valence-corrected chi connectivity index (χ4v) is 3.07. The molecule has 0 unspecified atom stereocenters. The van der Waals surface area contributed by atoms with Gasteiger partial charge in [0.1, 0.15) is 17.3 Å². The second-order valence-corrected chi connectivity index (χ2v) is 6.63. The lowest BCUT2D eigenvalue weighted by Crippen LogP contribution is -2.34. The summed E-state index contributed by atoms with van der Waals surface area (Å²) >= 11 is 1.36. The van der Waals surface area contributed by atoms with Crippen LogP contribution < -0.4 is 5.43 Å². The van der Waals surface area contributed by atoms with Crippen molar-refractivity contribution in [3.63, 3.8) is 0 Å². The van der Waals surface area contributed by atoms with E-state index in [0.717, 1.165) is 10.1 Å². The van der Waals surface area contributed by atoms with Gasteiger partial charge in [0.15, 0.2) is 0 Å². The fraction of sp³-hybridized carbons (Fsp3) is 0.462. The number of carbonyl (C=O) groups excluding carboxylic acids is 1. The van der Waals surface area contributed by atoms with Crippen LogP contribution in [0.15, 0.2) is 11.1 Å². The van der Waals surface area contributed by atoms with Crippen molar-refractivity contribution in [1.29, 1.82) is 0 Å². The quantitative estimate of drug-likeness (QED) is 0.803. The van der Waals surface area contributed by atoms with Crippen molar-refractivity contribution in [3.05, 3.63) is 37.6 Å². The summed E-state index contributed by atoms with van der Waals surface area (Å²) in [5.41, 5.74) is 0.940. The molecule has 0 bridgehead atoms. The third kappa shape index (κ3) is 2.07. The maximum atomic E-state index is 12.2. The summed E-state index contributed by atoms with van der Waals surface area (Å²) in [5, 5.41) is 0.489. The first-order valence-corrected chi connectivity index (χ1v) is 7.12. The van der Waals surface area contributed by atoms with E-state index in [4.69, 9.17) is 4.74 Å². The molecular formula is C13H15N3O3S. The molecule has 106 valence electrons. The number of ether oxygens (including phenoxy) is 1. The number of H-pyrrole nitrogens is 1. The Kier molecular flexibility index (Phi) is 2.82. The fourth-order valence-electron chi connectivity index (χ4n) is 2.29. The van der Waals surface area contributed by atoms with E-state index in [-0.39, 0.29) is 11.5 Å². The molecule has 0 radical (unpaired) electrons. The van der Waals surface area contributed by atoms with E-state index in [1.807, 2.05) is 20.8 Å². The van der Waals surface area contributed by atoms with Crippen LogP contribution in [0, 0.1) is 9.88 Å². The largest absolute Gasteiger partial charge is 0.444 e. The Labute approximate surface area is 119 Å². The molecule has 7 heteroatoms. The Morgan fingerprint density at radius 2 is 2.10 bits per heavy atom. The number of fused-ring (bicyclic) bond motifs is 2. The Balaban J connectivity index is 1.94. The van der Waals surface area contributed by atoms with Gasteiger partial charge in [0.25, 0.3) is 0 Å². The third-order valence-corrected chi connectivity index (χ3v) is 3.97. The van der Waals surface area contributed by atoms with E-state index in [2.05, 4.69) is 9.36 Å². The average molecular weight is 293 g/mol. The molecule has 1 aliphatic carbocycles. The number of hydrogen-bond acceptors (Lipinski definition) is 5. The van der Waals surface area contributed by atoms with E-state index in [0.29, 0.717) is 24.0 Å². The summed E-state index contributed by atoms with van der Waals surface area (Å²) in [7, 11) is 0. The van der Waals surface area contributed by atoms with Crippen LogP contribution in [-0.2, 0) is 17.8 Å². The van der Waals surface area contributed by atoms with E-state index >= 15 is 0 Å². The van der Waals surface area contributed by atoms with Crippen LogP contribution in [0.5, 0.6) is 0 Å². The number of nitrogens with zero attached hydrogens (tertiary/aromatic N) is 2.